The molecule has 10 heterocycles. The van der Waals surface area contributed by atoms with Crippen LogP contribution in [-0.2, 0) is 0 Å². The van der Waals surface area contributed by atoms with Gasteiger partial charge in [-0.3, -0.25) is 19.1 Å². The Balaban J connectivity index is 0.000000107. The van der Waals surface area contributed by atoms with Crippen LogP contribution in [0.4, 0.5) is 0 Å². The standard InChI is InChI=1S/C35H22N4O.2C34H22N4O/c1-2-6-25(7-3-1)35-38-30-10-11-32-33(34(30)40-35)29-8-4-5-9-31(29)39(32)28-21-26(23-12-16-36-17-13-23)20-27(22-28)24-14-18-37-19-15-24;1-3-9-24(10-4-1)34-36-28-19-20-30-31(32(28)39-34)27-13-7-8-14-29(27)38(30)26-17-15-23(16-18-26)33-35-21-22-37(33)25-11-5-2-6-12-25;1-3-9-23(10-4-1)33-35-21-22-37(33)25-15-17-26(18-16-25)38-29-14-8-7-13-27(29)31-30(38)20-19-28-32(31)39-34(36-28)24-11-5-2-6-12-24/h1-22H;2*1-22H. The first-order valence-electron chi connectivity index (χ1n) is 39.0. The minimum atomic E-state index is 0.625. The van der Waals surface area contributed by atoms with E-state index in [4.69, 9.17) is 28.2 Å². The van der Waals surface area contributed by atoms with Crippen LogP contribution >= 0.6 is 0 Å². The number of aromatic nitrogens is 12. The molecule has 0 unspecified atom stereocenters. The second kappa shape index (κ2) is 29.0. The van der Waals surface area contributed by atoms with Gasteiger partial charge in [0.2, 0.25) is 17.7 Å². The SMILES string of the molecule is c1ccc(-c2nc3ccc4c(c5ccccc5n4-c4cc(-c5ccncc5)cc(-c5ccncc5)c4)c3o2)cc1.c1ccc(-c2nc3ccc4c(c5ccccc5n4-c4ccc(-c5nccn5-c5ccccc5)cc4)c3o2)cc1.c1ccc(-c2nc3ccc4c(c5ccccc5n4-c4ccc(-n5ccnc5-c5ccccc5)cc4)c3o2)cc1. The Labute approximate surface area is 674 Å². The molecule has 0 atom stereocenters. The highest BCUT2D eigenvalue weighted by Gasteiger charge is 2.25. The molecule has 0 fully saturated rings. The van der Waals surface area contributed by atoms with Crippen LogP contribution in [0, 0.1) is 0 Å². The number of para-hydroxylation sites is 4. The maximum atomic E-state index is 6.47. The summed E-state index contributed by atoms with van der Waals surface area (Å²) in [5.74, 6) is 3.72. The molecule has 0 aliphatic rings. The van der Waals surface area contributed by atoms with Crippen molar-refractivity contribution in [3.8, 4) is 108 Å². The Morgan fingerprint density at radius 2 is 0.525 bits per heavy atom. The van der Waals surface area contributed by atoms with Gasteiger partial charge in [-0.25, -0.2) is 24.9 Å². The van der Waals surface area contributed by atoms with E-state index in [2.05, 4.69) is 237 Å². The van der Waals surface area contributed by atoms with Gasteiger partial charge in [0.05, 0.1) is 49.3 Å². The maximum Gasteiger partial charge on any atom is 0.227 e. The topological polar surface area (TPSA) is 154 Å². The Morgan fingerprint density at radius 3 is 0.915 bits per heavy atom. The summed E-state index contributed by atoms with van der Waals surface area (Å²) in [5, 5.41) is 6.60. The van der Waals surface area contributed by atoms with E-state index in [-0.39, 0.29) is 0 Å². The minimum Gasteiger partial charge on any atom is -0.435 e. The molecule has 10 aromatic heterocycles. The van der Waals surface area contributed by atoms with Gasteiger partial charge in [-0.15, -0.1) is 0 Å². The van der Waals surface area contributed by atoms with E-state index in [0.717, 1.165) is 189 Å². The van der Waals surface area contributed by atoms with Crippen molar-refractivity contribution in [3.05, 3.63) is 401 Å². The van der Waals surface area contributed by atoms with Crippen molar-refractivity contribution >= 4 is 98.7 Å². The van der Waals surface area contributed by atoms with Gasteiger partial charge in [0.15, 0.2) is 16.7 Å². The van der Waals surface area contributed by atoms with Crippen LogP contribution in [0.15, 0.2) is 415 Å². The first kappa shape index (κ1) is 68.4. The fourth-order valence-electron chi connectivity index (χ4n) is 16.6. The van der Waals surface area contributed by atoms with Crippen LogP contribution in [0.3, 0.4) is 0 Å². The number of pyridine rings is 2. The zero-order valence-corrected chi connectivity index (χ0v) is 63.2. The highest BCUT2D eigenvalue weighted by atomic mass is 16.4. The second-order valence-electron chi connectivity index (χ2n) is 28.9. The average molecular weight is 1520 g/mol. The number of benzene rings is 14. The van der Waals surface area contributed by atoms with Crippen LogP contribution in [0.1, 0.15) is 0 Å². The van der Waals surface area contributed by atoms with E-state index < -0.39 is 0 Å². The van der Waals surface area contributed by atoms with E-state index in [1.54, 1.807) is 0 Å². The summed E-state index contributed by atoms with van der Waals surface area (Å²) >= 11 is 0. The van der Waals surface area contributed by atoms with Crippen molar-refractivity contribution in [2.24, 2.45) is 0 Å². The molecular formula is C103H66N12O3. The van der Waals surface area contributed by atoms with E-state index in [0.29, 0.717) is 17.7 Å². The molecular weight excluding hydrogens is 1450 g/mol. The smallest absolute Gasteiger partial charge is 0.227 e. The lowest BCUT2D eigenvalue weighted by Gasteiger charge is -2.14. The lowest BCUT2D eigenvalue weighted by molar-refractivity contribution is 0.622. The number of hydrogen-bond acceptors (Lipinski definition) is 10. The van der Waals surface area contributed by atoms with Crippen molar-refractivity contribution in [1.29, 1.82) is 0 Å². The Hall–Kier alpha value is -16.4. The summed E-state index contributed by atoms with van der Waals surface area (Å²) in [6.07, 6.45) is 15.0. The molecule has 0 spiro atoms. The van der Waals surface area contributed by atoms with Crippen molar-refractivity contribution in [1.82, 2.24) is 57.7 Å². The zero-order chi connectivity index (χ0) is 78.0. The first-order chi connectivity index (χ1) is 58.5. The summed E-state index contributed by atoms with van der Waals surface area (Å²) in [4.78, 5) is 32.2. The first-order valence-corrected chi connectivity index (χ1v) is 39.0. The molecule has 24 rings (SSSR count). The van der Waals surface area contributed by atoms with Crippen LogP contribution in [0.5, 0.6) is 0 Å². The molecule has 0 bridgehead atoms. The second-order valence-corrected chi connectivity index (χ2v) is 28.9. The van der Waals surface area contributed by atoms with Crippen molar-refractivity contribution < 1.29 is 13.3 Å². The Bertz CT molecular complexity index is 7460. The third-order valence-corrected chi connectivity index (χ3v) is 22.0. The summed E-state index contributed by atoms with van der Waals surface area (Å²) in [6.45, 7) is 0. The molecule has 0 amide bonds. The van der Waals surface area contributed by atoms with Gasteiger partial charge in [0, 0.05) is 122 Å². The van der Waals surface area contributed by atoms with Gasteiger partial charge in [-0.05, 0) is 216 Å². The van der Waals surface area contributed by atoms with E-state index >= 15 is 0 Å². The zero-order valence-electron chi connectivity index (χ0n) is 63.2. The largest absolute Gasteiger partial charge is 0.435 e. The molecule has 15 heteroatoms. The van der Waals surface area contributed by atoms with E-state index in [1.807, 2.05) is 207 Å². The highest BCUT2D eigenvalue weighted by molar-refractivity contribution is 6.22. The van der Waals surface area contributed by atoms with Crippen molar-refractivity contribution in [2.45, 2.75) is 0 Å². The highest BCUT2D eigenvalue weighted by Crippen LogP contribution is 2.44. The lowest BCUT2D eigenvalue weighted by Crippen LogP contribution is -1.98. The van der Waals surface area contributed by atoms with Gasteiger partial charge < -0.3 is 27.0 Å². The van der Waals surface area contributed by atoms with Crippen molar-refractivity contribution in [3.63, 3.8) is 0 Å². The normalized spacial score (nSPS) is 11.6. The van der Waals surface area contributed by atoms with Crippen LogP contribution < -0.4 is 0 Å². The van der Waals surface area contributed by atoms with Gasteiger partial charge in [-0.1, -0.05) is 158 Å². The summed E-state index contributed by atoms with van der Waals surface area (Å²) in [6, 6.07) is 121. The van der Waals surface area contributed by atoms with E-state index in [9.17, 15) is 0 Å². The number of rotatable bonds is 12. The molecule has 0 saturated carbocycles. The molecule has 14 aromatic carbocycles. The summed E-state index contributed by atoms with van der Waals surface area (Å²) in [7, 11) is 0. The molecule has 15 nitrogen and oxygen atoms in total. The molecule has 0 aliphatic carbocycles. The fourth-order valence-corrected chi connectivity index (χ4v) is 16.6. The maximum absolute atomic E-state index is 6.47. The number of imidazole rings is 2. The molecule has 0 saturated heterocycles. The lowest BCUT2D eigenvalue weighted by atomic mass is 9.99. The third kappa shape index (κ3) is 12.0. The van der Waals surface area contributed by atoms with Crippen LogP contribution in [0.25, 0.3) is 207 Å². The molecule has 24 aromatic rings. The molecule has 118 heavy (non-hydrogen) atoms. The molecule has 0 radical (unpaired) electrons. The van der Waals surface area contributed by atoms with Gasteiger partial charge in [0.1, 0.15) is 28.2 Å². The number of nitrogens with zero attached hydrogens (tertiary/aromatic N) is 12. The number of hydrogen-bond donors (Lipinski definition) is 0. The predicted molar refractivity (Wildman–Crippen MR) is 473 cm³/mol. The summed E-state index contributed by atoms with van der Waals surface area (Å²) in [5.41, 5.74) is 26.4. The molecule has 0 aliphatic heterocycles. The van der Waals surface area contributed by atoms with Gasteiger partial charge >= 0.3 is 0 Å². The molecule has 556 valence electrons. The monoisotopic (exact) mass is 1520 g/mol. The minimum absolute atomic E-state index is 0.625. The predicted octanol–water partition coefficient (Wildman–Crippen LogP) is 25.6. The number of fused-ring (bicyclic) bond motifs is 15. The quantitative estimate of drug-likeness (QED) is 0.115. The van der Waals surface area contributed by atoms with Gasteiger partial charge in [-0.2, -0.15) is 0 Å². The average Bonchev–Trinajstić information content (AvgIpc) is 1.58. The number of oxazole rings is 3. The van der Waals surface area contributed by atoms with E-state index in [1.165, 1.54) is 0 Å². The fraction of sp³-hybridized carbons (Fsp3) is 0. The van der Waals surface area contributed by atoms with Crippen molar-refractivity contribution in [2.75, 3.05) is 0 Å². The third-order valence-electron chi connectivity index (χ3n) is 22.0. The molecule has 0 N–H and O–H groups in total. The van der Waals surface area contributed by atoms with Gasteiger partial charge in [0.25, 0.3) is 0 Å². The van der Waals surface area contributed by atoms with Crippen LogP contribution in [0.2, 0.25) is 0 Å². The Morgan fingerprint density at radius 1 is 0.212 bits per heavy atom. The Kier molecular flexibility index (Phi) is 16.8. The summed E-state index contributed by atoms with van der Waals surface area (Å²) < 4.78 is 30.4. The van der Waals surface area contributed by atoms with Crippen LogP contribution in [-0.4, -0.2) is 57.7 Å².